The molecule has 2 fully saturated rings. The molecule has 0 radical (unpaired) electrons. The molecule has 5 amide bonds. The maximum Gasteiger partial charge on any atom is 0.416 e. The number of fused-ring (bicyclic) bond motifs is 1. The summed E-state index contributed by atoms with van der Waals surface area (Å²) in [7, 11) is 0. The summed E-state index contributed by atoms with van der Waals surface area (Å²) in [6, 6.07) is 1.51. The number of carbonyl (C=O) groups is 3. The summed E-state index contributed by atoms with van der Waals surface area (Å²) in [4.78, 5) is 42.1. The SMILES string of the molecule is NCCCC[C@@H]1C(=O)N2C[C@@H](NC(=O)Nc3ccc(Cl)c(Cl)c3)C[C@H]2CN1C(=O)Nc1cc(C(F)(F)F)cc(C(F)(F)F)c1. The predicted octanol–water partition coefficient (Wildman–Crippen LogP) is 6.17. The molecule has 240 valence electrons. The fourth-order valence-corrected chi connectivity index (χ4v) is 5.58. The maximum atomic E-state index is 13.6. The average molecular weight is 669 g/mol. The van der Waals surface area contributed by atoms with Crippen LogP contribution in [-0.2, 0) is 17.1 Å². The lowest BCUT2D eigenvalue weighted by Gasteiger charge is -2.42. The summed E-state index contributed by atoms with van der Waals surface area (Å²) in [6.45, 7) is 0.371. The minimum Gasteiger partial charge on any atom is -0.334 e. The molecule has 0 bridgehead atoms. The van der Waals surface area contributed by atoms with Gasteiger partial charge in [0.25, 0.3) is 0 Å². The van der Waals surface area contributed by atoms with E-state index in [9.17, 15) is 40.7 Å². The number of nitrogens with two attached hydrogens (primary N) is 1. The highest BCUT2D eigenvalue weighted by Gasteiger charge is 2.47. The molecule has 2 heterocycles. The summed E-state index contributed by atoms with van der Waals surface area (Å²) in [6.07, 6.45) is -8.86. The third kappa shape index (κ3) is 7.99. The highest BCUT2D eigenvalue weighted by atomic mass is 35.5. The summed E-state index contributed by atoms with van der Waals surface area (Å²) >= 11 is 11.9. The molecule has 2 saturated heterocycles. The highest BCUT2D eigenvalue weighted by Crippen LogP contribution is 2.38. The number of halogens is 8. The van der Waals surface area contributed by atoms with Crippen molar-refractivity contribution in [3.63, 3.8) is 0 Å². The normalized spacial score (nSPS) is 20.4. The number of carbonyl (C=O) groups excluding carboxylic acids is 3. The van der Waals surface area contributed by atoms with E-state index >= 15 is 0 Å². The molecule has 0 unspecified atom stereocenters. The van der Waals surface area contributed by atoms with E-state index in [1.54, 1.807) is 6.07 Å². The summed E-state index contributed by atoms with van der Waals surface area (Å²) < 4.78 is 80.1. The minimum absolute atomic E-state index is 0.0447. The Morgan fingerprint density at radius 3 is 2.14 bits per heavy atom. The Hall–Kier alpha value is -3.43. The van der Waals surface area contributed by atoms with Gasteiger partial charge in [0.1, 0.15) is 6.04 Å². The monoisotopic (exact) mass is 668 g/mol. The van der Waals surface area contributed by atoms with Crippen LogP contribution in [0.4, 0.5) is 47.3 Å². The molecular weight excluding hydrogens is 641 g/mol. The zero-order valence-electron chi connectivity index (χ0n) is 22.9. The molecule has 0 aliphatic carbocycles. The molecule has 3 atom stereocenters. The molecule has 0 saturated carbocycles. The number of anilines is 2. The number of piperazine rings is 1. The summed E-state index contributed by atoms with van der Waals surface area (Å²) in [5.41, 5.74) is 2.03. The molecule has 4 rings (SSSR count). The van der Waals surface area contributed by atoms with E-state index in [0.717, 1.165) is 4.90 Å². The zero-order chi connectivity index (χ0) is 32.4. The van der Waals surface area contributed by atoms with Crippen LogP contribution in [-0.4, -0.2) is 65.5 Å². The molecule has 2 aromatic rings. The van der Waals surface area contributed by atoms with Crippen molar-refractivity contribution in [2.24, 2.45) is 5.73 Å². The quantitative estimate of drug-likeness (QED) is 0.208. The molecule has 0 aromatic heterocycles. The standard InChI is InChI=1S/C27H28Cl2F6N6O3/c28-20-5-4-16(11-21(20)29)37-24(43)38-18-10-19-13-41(22(3-1-2-6-36)23(42)40(19)12-18)25(44)39-17-8-14(26(30,31)32)7-15(9-17)27(33,34)35/h4-5,7-9,11,18-19,22H,1-3,6,10,12-13,36H2,(H,39,44)(H2,37,38,43)/t18-,19-,22+/m0/s1. The van der Waals surface area contributed by atoms with Crippen molar-refractivity contribution in [2.45, 2.75) is 56.2 Å². The van der Waals surface area contributed by atoms with Gasteiger partial charge in [0.05, 0.1) is 33.3 Å². The second-order valence-electron chi connectivity index (χ2n) is 10.5. The Bertz CT molecular complexity index is 1380. The van der Waals surface area contributed by atoms with Crippen molar-refractivity contribution in [1.82, 2.24) is 15.1 Å². The molecule has 44 heavy (non-hydrogen) atoms. The molecule has 17 heteroatoms. The predicted molar refractivity (Wildman–Crippen MR) is 151 cm³/mol. The van der Waals surface area contributed by atoms with Crippen LogP contribution < -0.4 is 21.7 Å². The topological polar surface area (TPSA) is 120 Å². The van der Waals surface area contributed by atoms with E-state index in [-0.39, 0.29) is 37.0 Å². The number of hydrogen-bond donors (Lipinski definition) is 4. The molecule has 9 nitrogen and oxygen atoms in total. The van der Waals surface area contributed by atoms with Crippen molar-refractivity contribution in [3.05, 3.63) is 57.6 Å². The Morgan fingerprint density at radius 1 is 0.886 bits per heavy atom. The van der Waals surface area contributed by atoms with Crippen LogP contribution in [0.25, 0.3) is 0 Å². The van der Waals surface area contributed by atoms with Crippen LogP contribution in [0, 0.1) is 0 Å². The van der Waals surface area contributed by atoms with Crippen molar-refractivity contribution >= 4 is 52.5 Å². The van der Waals surface area contributed by atoms with Crippen LogP contribution in [0.15, 0.2) is 36.4 Å². The minimum atomic E-state index is -5.11. The van der Waals surface area contributed by atoms with Gasteiger partial charge in [0.2, 0.25) is 5.91 Å². The smallest absolute Gasteiger partial charge is 0.334 e. The first-order valence-corrected chi connectivity index (χ1v) is 14.2. The van der Waals surface area contributed by atoms with Gasteiger partial charge in [-0.05, 0) is 68.6 Å². The largest absolute Gasteiger partial charge is 0.416 e. The zero-order valence-corrected chi connectivity index (χ0v) is 24.4. The van der Waals surface area contributed by atoms with Crippen LogP contribution in [0.1, 0.15) is 36.8 Å². The fraction of sp³-hybridized carbons (Fsp3) is 0.444. The van der Waals surface area contributed by atoms with Gasteiger partial charge in [-0.3, -0.25) is 4.79 Å². The van der Waals surface area contributed by atoms with Crippen LogP contribution in [0.3, 0.4) is 0 Å². The number of alkyl halides is 6. The lowest BCUT2D eigenvalue weighted by Crippen LogP contribution is -2.62. The van der Waals surface area contributed by atoms with Crippen molar-refractivity contribution < 1.29 is 40.7 Å². The first kappa shape index (κ1) is 33.5. The van der Waals surface area contributed by atoms with Gasteiger partial charge in [0, 0.05) is 24.5 Å². The first-order chi connectivity index (χ1) is 20.6. The molecular formula is C27H28Cl2F6N6O3. The number of nitrogens with one attached hydrogen (secondary N) is 3. The Kier molecular flexibility index (Phi) is 10.1. The van der Waals surface area contributed by atoms with E-state index < -0.39 is 65.3 Å². The van der Waals surface area contributed by atoms with E-state index in [1.807, 2.05) is 0 Å². The maximum absolute atomic E-state index is 13.6. The number of hydrogen-bond acceptors (Lipinski definition) is 4. The van der Waals surface area contributed by atoms with Crippen molar-refractivity contribution in [2.75, 3.05) is 30.3 Å². The molecule has 2 aromatic carbocycles. The van der Waals surface area contributed by atoms with Gasteiger partial charge in [-0.2, -0.15) is 26.3 Å². The lowest BCUT2D eigenvalue weighted by atomic mass is 10.0. The summed E-state index contributed by atoms with van der Waals surface area (Å²) in [5.74, 6) is -0.456. The lowest BCUT2D eigenvalue weighted by molar-refractivity contribution is -0.143. The third-order valence-electron chi connectivity index (χ3n) is 7.31. The van der Waals surface area contributed by atoms with Gasteiger partial charge < -0.3 is 31.5 Å². The van der Waals surface area contributed by atoms with Gasteiger partial charge in [-0.25, -0.2) is 9.59 Å². The number of urea groups is 2. The fourth-order valence-electron chi connectivity index (χ4n) is 5.28. The number of amides is 5. The van der Waals surface area contributed by atoms with E-state index in [0.29, 0.717) is 42.2 Å². The van der Waals surface area contributed by atoms with E-state index in [1.165, 1.54) is 17.0 Å². The molecule has 2 aliphatic rings. The Morgan fingerprint density at radius 2 is 1.55 bits per heavy atom. The molecule has 0 spiro atoms. The molecule has 2 aliphatic heterocycles. The van der Waals surface area contributed by atoms with E-state index in [4.69, 9.17) is 28.9 Å². The van der Waals surface area contributed by atoms with Gasteiger partial charge in [0.15, 0.2) is 0 Å². The molecule has 5 N–H and O–H groups in total. The Balaban J connectivity index is 1.51. The average Bonchev–Trinajstić information content (AvgIpc) is 3.33. The number of unbranched alkanes of at least 4 members (excludes halogenated alkanes) is 1. The van der Waals surface area contributed by atoms with Crippen LogP contribution >= 0.6 is 23.2 Å². The van der Waals surface area contributed by atoms with Crippen LogP contribution in [0.2, 0.25) is 10.0 Å². The number of benzene rings is 2. The van der Waals surface area contributed by atoms with Crippen molar-refractivity contribution in [1.29, 1.82) is 0 Å². The highest BCUT2D eigenvalue weighted by molar-refractivity contribution is 6.42. The third-order valence-corrected chi connectivity index (χ3v) is 8.05. The van der Waals surface area contributed by atoms with Gasteiger partial charge in [-0.1, -0.05) is 23.2 Å². The van der Waals surface area contributed by atoms with Gasteiger partial charge >= 0.3 is 24.4 Å². The summed E-state index contributed by atoms with van der Waals surface area (Å²) in [5, 5.41) is 8.03. The first-order valence-electron chi connectivity index (χ1n) is 13.5. The Labute approximate surface area is 258 Å². The van der Waals surface area contributed by atoms with E-state index in [2.05, 4.69) is 16.0 Å². The number of nitrogens with zero attached hydrogens (tertiary/aromatic N) is 2. The second kappa shape index (κ2) is 13.3. The van der Waals surface area contributed by atoms with Crippen LogP contribution in [0.5, 0.6) is 0 Å². The number of rotatable bonds is 7. The van der Waals surface area contributed by atoms with Crippen molar-refractivity contribution in [3.8, 4) is 0 Å². The van der Waals surface area contributed by atoms with Gasteiger partial charge in [-0.15, -0.1) is 0 Å². The second-order valence-corrected chi connectivity index (χ2v) is 11.3.